The third kappa shape index (κ3) is 10.8. The van der Waals surface area contributed by atoms with E-state index in [0.29, 0.717) is 4.38 Å². The first-order valence-electron chi connectivity index (χ1n) is 2.02. The molecule has 44 valence electrons. The molecule has 0 atom stereocenters. The van der Waals surface area contributed by atoms with E-state index in [1.165, 1.54) is 0 Å². The van der Waals surface area contributed by atoms with Crippen LogP contribution in [0.5, 0.6) is 0 Å². The number of thiocarbonyl (C=S) groups is 1. The van der Waals surface area contributed by atoms with Gasteiger partial charge in [0.2, 0.25) is 4.38 Å². The summed E-state index contributed by atoms with van der Waals surface area (Å²) in [4.78, 5) is 0. The first kappa shape index (κ1) is 12.5. The quantitative estimate of drug-likeness (QED) is 0.303. The van der Waals surface area contributed by atoms with Gasteiger partial charge >= 0.3 is 51.4 Å². The molecule has 0 radical (unpaired) electrons. The molecule has 1 nitrogen and oxygen atoms in total. The van der Waals surface area contributed by atoms with Crippen LogP contribution in [0.3, 0.4) is 0 Å². The van der Waals surface area contributed by atoms with Crippen molar-refractivity contribution in [3.05, 3.63) is 0 Å². The standard InChI is InChI=1S/C4H8OS2.K.H/c1-3(2)5-4(6)7;;/h3H,1-2H3,(H,6,7);;/q;+1;-1. The summed E-state index contributed by atoms with van der Waals surface area (Å²) in [5, 5.41) is 0. The summed E-state index contributed by atoms with van der Waals surface area (Å²) in [6, 6.07) is 0. The van der Waals surface area contributed by atoms with Crippen molar-refractivity contribution in [1.29, 1.82) is 0 Å². The summed E-state index contributed by atoms with van der Waals surface area (Å²) in [7, 11) is 0. The van der Waals surface area contributed by atoms with Crippen LogP contribution in [-0.4, -0.2) is 10.5 Å². The van der Waals surface area contributed by atoms with E-state index >= 15 is 0 Å². The molecule has 0 amide bonds. The third-order valence-corrected chi connectivity index (χ3v) is 0.538. The predicted molar refractivity (Wildman–Crippen MR) is 38.9 cm³/mol. The summed E-state index contributed by atoms with van der Waals surface area (Å²) in [6.07, 6.45) is 0.157. The molecule has 0 aromatic carbocycles. The number of hydrogen-bond donors (Lipinski definition) is 1. The molecule has 4 heteroatoms. The minimum Gasteiger partial charge on any atom is -1.00 e. The first-order valence-corrected chi connectivity index (χ1v) is 2.88. The molecule has 0 saturated heterocycles. The Hall–Kier alpha value is 1.88. The van der Waals surface area contributed by atoms with Gasteiger partial charge in [0, 0.05) is 0 Å². The molecule has 0 aliphatic heterocycles. The van der Waals surface area contributed by atoms with Gasteiger partial charge in [0.1, 0.15) is 0 Å². The van der Waals surface area contributed by atoms with E-state index in [1.54, 1.807) is 0 Å². The number of hydrogen-bond acceptors (Lipinski definition) is 2. The zero-order valence-electron chi connectivity index (χ0n) is 6.34. The molecule has 0 saturated carbocycles. The van der Waals surface area contributed by atoms with Gasteiger partial charge in [-0.25, -0.2) is 0 Å². The largest absolute Gasteiger partial charge is 1.00 e. The summed E-state index contributed by atoms with van der Waals surface area (Å²) in [6.45, 7) is 3.81. The predicted octanol–water partition coefficient (Wildman–Crippen LogP) is -1.26. The molecule has 0 aliphatic rings. The van der Waals surface area contributed by atoms with Gasteiger partial charge in [-0.2, -0.15) is 0 Å². The Morgan fingerprint density at radius 3 is 2.12 bits per heavy atom. The van der Waals surface area contributed by atoms with Gasteiger partial charge in [-0.15, -0.1) is 0 Å². The zero-order valence-corrected chi connectivity index (χ0v) is 10.2. The Balaban J connectivity index is -0.000000180. The topological polar surface area (TPSA) is 9.23 Å². The van der Waals surface area contributed by atoms with Gasteiger partial charge in [-0.3, -0.25) is 0 Å². The zero-order chi connectivity index (χ0) is 5.86. The van der Waals surface area contributed by atoms with Crippen LogP contribution in [0.25, 0.3) is 0 Å². The molecule has 0 unspecified atom stereocenters. The SMILES string of the molecule is CC(C)OC(=S)S.[H-].[K+]. The van der Waals surface area contributed by atoms with Crippen molar-refractivity contribution in [2.24, 2.45) is 0 Å². The molecule has 0 rings (SSSR count). The van der Waals surface area contributed by atoms with Crippen LogP contribution in [0.15, 0.2) is 0 Å². The van der Waals surface area contributed by atoms with Crippen molar-refractivity contribution in [3.63, 3.8) is 0 Å². The Bertz CT molecular complexity index is 79.0. The summed E-state index contributed by atoms with van der Waals surface area (Å²) in [5.41, 5.74) is 0. The van der Waals surface area contributed by atoms with Crippen molar-refractivity contribution in [2.45, 2.75) is 20.0 Å². The molecule has 0 spiro atoms. The second-order valence-corrected chi connectivity index (χ2v) is 2.51. The van der Waals surface area contributed by atoms with Gasteiger partial charge in [0.05, 0.1) is 6.10 Å². The average Bonchev–Trinajstić information content (AvgIpc) is 1.27. The third-order valence-electron chi connectivity index (χ3n) is 0.337. The molecule has 8 heavy (non-hydrogen) atoms. The van der Waals surface area contributed by atoms with Gasteiger partial charge in [-0.05, 0) is 26.1 Å². The van der Waals surface area contributed by atoms with Gasteiger partial charge in [-0.1, -0.05) is 12.6 Å². The Labute approximate surface area is 105 Å². The second kappa shape index (κ2) is 6.99. The molecule has 0 N–H and O–H groups in total. The van der Waals surface area contributed by atoms with Crippen LogP contribution in [0, 0.1) is 0 Å². The monoisotopic (exact) mass is 176 g/mol. The summed E-state index contributed by atoms with van der Waals surface area (Å²) < 4.78 is 5.16. The van der Waals surface area contributed by atoms with E-state index in [9.17, 15) is 0 Å². The number of thiol groups is 1. The molecule has 0 aromatic rings. The summed E-state index contributed by atoms with van der Waals surface area (Å²) >= 11 is 8.26. The molecular formula is C4H9KOS2. The molecule has 0 bridgehead atoms. The van der Waals surface area contributed by atoms with E-state index in [2.05, 4.69) is 24.8 Å². The smallest absolute Gasteiger partial charge is 1.00 e. The Morgan fingerprint density at radius 1 is 1.75 bits per heavy atom. The summed E-state index contributed by atoms with van der Waals surface area (Å²) in [5.74, 6) is 0. The van der Waals surface area contributed by atoms with Gasteiger partial charge < -0.3 is 6.16 Å². The number of rotatable bonds is 1. The maximum atomic E-state index is 4.85. The van der Waals surface area contributed by atoms with Crippen molar-refractivity contribution < 1.29 is 57.5 Å². The van der Waals surface area contributed by atoms with E-state index in [0.717, 1.165) is 0 Å². The Kier molecular flexibility index (Phi) is 11.0. The minimum absolute atomic E-state index is 0. The van der Waals surface area contributed by atoms with Crippen molar-refractivity contribution in [3.8, 4) is 0 Å². The van der Waals surface area contributed by atoms with Crippen molar-refractivity contribution in [1.82, 2.24) is 0 Å². The van der Waals surface area contributed by atoms with Crippen LogP contribution in [-0.2, 0) is 4.74 Å². The van der Waals surface area contributed by atoms with Gasteiger partial charge in [0.25, 0.3) is 0 Å². The van der Waals surface area contributed by atoms with Crippen molar-refractivity contribution >= 4 is 29.2 Å². The molecule has 0 fully saturated rings. The van der Waals surface area contributed by atoms with E-state index in [-0.39, 0.29) is 58.9 Å². The second-order valence-electron chi connectivity index (χ2n) is 1.43. The maximum absolute atomic E-state index is 4.85. The number of ether oxygens (including phenoxy) is 1. The van der Waals surface area contributed by atoms with Crippen LogP contribution in [0.1, 0.15) is 15.3 Å². The van der Waals surface area contributed by atoms with Crippen LogP contribution < -0.4 is 51.4 Å². The fourth-order valence-electron chi connectivity index (χ4n) is 0.202. The average molecular weight is 176 g/mol. The molecule has 0 heterocycles. The first-order chi connectivity index (χ1) is 3.13. The van der Waals surface area contributed by atoms with Crippen LogP contribution >= 0.6 is 24.8 Å². The van der Waals surface area contributed by atoms with Crippen LogP contribution in [0.2, 0.25) is 0 Å². The van der Waals surface area contributed by atoms with E-state index in [4.69, 9.17) is 4.74 Å². The van der Waals surface area contributed by atoms with Gasteiger partial charge in [0.15, 0.2) is 0 Å². The fourth-order valence-corrected chi connectivity index (χ4v) is 0.605. The maximum Gasteiger partial charge on any atom is 1.00 e. The molecule has 0 aliphatic carbocycles. The molecule has 0 aromatic heterocycles. The molecular weight excluding hydrogens is 167 g/mol. The van der Waals surface area contributed by atoms with Crippen molar-refractivity contribution in [2.75, 3.05) is 0 Å². The Morgan fingerprint density at radius 2 is 2.12 bits per heavy atom. The fraction of sp³-hybridized carbons (Fsp3) is 0.750. The van der Waals surface area contributed by atoms with E-state index in [1.807, 2.05) is 13.8 Å². The normalized spacial score (nSPS) is 8.00. The van der Waals surface area contributed by atoms with Crippen LogP contribution in [0.4, 0.5) is 0 Å². The van der Waals surface area contributed by atoms with E-state index < -0.39 is 0 Å². The minimum atomic E-state index is 0.